The molecule has 0 aliphatic carbocycles. The van der Waals surface area contributed by atoms with Crippen LogP contribution in [0.2, 0.25) is 0 Å². The molecule has 0 unspecified atom stereocenters. The first kappa shape index (κ1) is 21.5. The normalized spacial score (nSPS) is 16.6. The lowest BCUT2D eigenvalue weighted by atomic mass is 9.96. The minimum atomic E-state index is -3.01. The van der Waals surface area contributed by atoms with Gasteiger partial charge in [-0.3, -0.25) is 4.79 Å². The first-order valence-corrected chi connectivity index (χ1v) is 12.0. The smallest absolute Gasteiger partial charge is 0.168 e. The van der Waals surface area contributed by atoms with Crippen LogP contribution in [0.3, 0.4) is 0 Å². The molecule has 0 amide bonds. The Morgan fingerprint density at radius 2 is 1.77 bits per heavy atom. The Hall–Kier alpha value is -2.78. The zero-order valence-corrected chi connectivity index (χ0v) is 18.7. The second kappa shape index (κ2) is 7.72. The van der Waals surface area contributed by atoms with E-state index >= 15 is 0 Å². The number of sulfone groups is 1. The van der Waals surface area contributed by atoms with Crippen LogP contribution in [-0.4, -0.2) is 58.5 Å². The van der Waals surface area contributed by atoms with Crippen molar-refractivity contribution in [2.45, 2.75) is 32.8 Å². The second-order valence-corrected chi connectivity index (χ2v) is 10.8. The summed E-state index contributed by atoms with van der Waals surface area (Å²) in [6, 6.07) is 10.6. The van der Waals surface area contributed by atoms with Crippen LogP contribution in [0.25, 0.3) is 5.65 Å². The van der Waals surface area contributed by atoms with E-state index in [1.165, 1.54) is 0 Å². The van der Waals surface area contributed by atoms with Crippen molar-refractivity contribution in [1.29, 1.82) is 0 Å². The van der Waals surface area contributed by atoms with Gasteiger partial charge in [-0.15, -0.1) is 0 Å². The molecule has 3 heterocycles. The summed E-state index contributed by atoms with van der Waals surface area (Å²) in [6.45, 7) is 6.03. The van der Waals surface area contributed by atoms with Gasteiger partial charge < -0.3 is 10.0 Å². The Morgan fingerprint density at radius 1 is 1.13 bits per heavy atom. The molecule has 1 N–H and O–H groups in total. The fourth-order valence-electron chi connectivity index (χ4n) is 3.71. The molecule has 1 saturated heterocycles. The zero-order valence-electron chi connectivity index (χ0n) is 17.9. The van der Waals surface area contributed by atoms with Crippen molar-refractivity contribution in [1.82, 2.24) is 14.6 Å². The van der Waals surface area contributed by atoms with Gasteiger partial charge in [-0.25, -0.2) is 13.4 Å². The third-order valence-electron chi connectivity index (χ3n) is 5.51. The predicted molar refractivity (Wildman–Crippen MR) is 118 cm³/mol. The molecule has 4 rings (SSSR count). The first-order valence-electron chi connectivity index (χ1n) is 10.2. The number of anilines is 1. The highest BCUT2D eigenvalue weighted by atomic mass is 32.2. The summed E-state index contributed by atoms with van der Waals surface area (Å²) in [7, 11) is -3.01. The highest BCUT2D eigenvalue weighted by Gasteiger charge is 2.25. The van der Waals surface area contributed by atoms with Gasteiger partial charge in [0.2, 0.25) is 0 Å². The monoisotopic (exact) mass is 442 g/mol. The number of hydrogen-bond acceptors (Lipinski definition) is 7. The van der Waals surface area contributed by atoms with E-state index in [1.54, 1.807) is 42.6 Å². The number of aliphatic hydroxyl groups is 1. The van der Waals surface area contributed by atoms with Gasteiger partial charge in [0.05, 0.1) is 34.9 Å². The van der Waals surface area contributed by atoms with E-state index in [9.17, 15) is 18.3 Å². The van der Waals surface area contributed by atoms with Gasteiger partial charge in [-0.1, -0.05) is 24.3 Å². The van der Waals surface area contributed by atoms with E-state index in [0.29, 0.717) is 30.0 Å². The maximum Gasteiger partial charge on any atom is 0.168 e. The van der Waals surface area contributed by atoms with Crippen molar-refractivity contribution < 1.29 is 18.3 Å². The van der Waals surface area contributed by atoms with E-state index in [4.69, 9.17) is 0 Å². The molecule has 3 aromatic rings. The molecule has 1 fully saturated rings. The number of benzene rings is 1. The highest BCUT2D eigenvalue weighted by Crippen LogP contribution is 2.23. The largest absolute Gasteiger partial charge is 0.386 e. The molecular weight excluding hydrogens is 416 g/mol. The van der Waals surface area contributed by atoms with Gasteiger partial charge in [0.1, 0.15) is 5.82 Å². The molecule has 31 heavy (non-hydrogen) atoms. The van der Waals surface area contributed by atoms with Gasteiger partial charge in [0, 0.05) is 30.8 Å². The molecular formula is C22H26N4O4S. The van der Waals surface area contributed by atoms with E-state index in [2.05, 4.69) is 10.1 Å². The maximum atomic E-state index is 12.9. The highest BCUT2D eigenvalue weighted by molar-refractivity contribution is 7.91. The maximum absolute atomic E-state index is 12.9. The Balaban J connectivity index is 1.63. The Labute approximate surface area is 181 Å². The number of nitrogens with zero attached hydrogens (tertiary/aromatic N) is 4. The van der Waals surface area contributed by atoms with Crippen LogP contribution in [0, 0.1) is 6.92 Å². The number of rotatable bonds is 5. The Bertz CT molecular complexity index is 1230. The summed E-state index contributed by atoms with van der Waals surface area (Å²) >= 11 is 0. The lowest BCUT2D eigenvalue weighted by Crippen LogP contribution is -2.41. The summed E-state index contributed by atoms with van der Waals surface area (Å²) < 4.78 is 25.4. The van der Waals surface area contributed by atoms with Crippen molar-refractivity contribution >= 4 is 27.1 Å². The first-order chi connectivity index (χ1) is 14.5. The number of ketones is 1. The third-order valence-corrected chi connectivity index (χ3v) is 7.12. The summed E-state index contributed by atoms with van der Waals surface area (Å²) in [5.74, 6) is 0.855. The molecule has 8 nitrogen and oxygen atoms in total. The summed E-state index contributed by atoms with van der Waals surface area (Å²) in [5.41, 5.74) is 2.34. The van der Waals surface area contributed by atoms with E-state index in [-0.39, 0.29) is 23.7 Å². The molecule has 2 aromatic heterocycles. The fraction of sp³-hybridized carbons (Fsp3) is 0.409. The van der Waals surface area contributed by atoms with Crippen LogP contribution in [-0.2, 0) is 21.9 Å². The molecule has 0 radical (unpaired) electrons. The molecule has 164 valence electrons. The molecule has 0 bridgehead atoms. The van der Waals surface area contributed by atoms with Gasteiger partial charge in [0.15, 0.2) is 21.3 Å². The van der Waals surface area contributed by atoms with Crippen LogP contribution < -0.4 is 4.90 Å². The van der Waals surface area contributed by atoms with Crippen LogP contribution in [0.4, 0.5) is 5.82 Å². The molecule has 0 saturated carbocycles. The van der Waals surface area contributed by atoms with E-state index in [1.807, 2.05) is 24.0 Å². The van der Waals surface area contributed by atoms with Gasteiger partial charge in [0.25, 0.3) is 0 Å². The van der Waals surface area contributed by atoms with Crippen LogP contribution >= 0.6 is 0 Å². The van der Waals surface area contributed by atoms with Crippen molar-refractivity contribution in [3.8, 4) is 0 Å². The van der Waals surface area contributed by atoms with Crippen LogP contribution in [0.1, 0.15) is 41.2 Å². The number of Topliss-reactive ketones (excluding diaryl/α,β-unsaturated/α-hetero) is 1. The molecule has 1 aliphatic rings. The lowest BCUT2D eigenvalue weighted by Gasteiger charge is -2.29. The molecule has 9 heteroatoms. The third kappa shape index (κ3) is 4.62. The van der Waals surface area contributed by atoms with Gasteiger partial charge in [-0.05, 0) is 26.3 Å². The SMILES string of the molecule is Cc1cc2nc(CC(=O)c3ccc(C(C)(C)O)cc3)cc(N3CCS(=O)(=O)CC3)n2n1. The van der Waals surface area contributed by atoms with E-state index in [0.717, 1.165) is 17.1 Å². The fourth-order valence-corrected chi connectivity index (χ4v) is 4.91. The summed E-state index contributed by atoms with van der Waals surface area (Å²) in [6.07, 6.45) is 0.113. The summed E-state index contributed by atoms with van der Waals surface area (Å²) in [5, 5.41) is 14.6. The number of hydrogen-bond donors (Lipinski definition) is 1. The molecule has 1 aliphatic heterocycles. The van der Waals surface area contributed by atoms with Crippen LogP contribution in [0.15, 0.2) is 36.4 Å². The predicted octanol–water partition coefficient (Wildman–Crippen LogP) is 1.93. The molecule has 0 spiro atoms. The van der Waals surface area contributed by atoms with Crippen molar-refractivity contribution in [2.24, 2.45) is 0 Å². The van der Waals surface area contributed by atoms with Crippen molar-refractivity contribution in [3.63, 3.8) is 0 Å². The zero-order chi connectivity index (χ0) is 22.4. The minimum Gasteiger partial charge on any atom is -0.386 e. The average Bonchev–Trinajstić information content (AvgIpc) is 3.07. The lowest BCUT2D eigenvalue weighted by molar-refractivity contribution is 0.0784. The number of carbonyl (C=O) groups is 1. The topological polar surface area (TPSA) is 105 Å². The van der Waals surface area contributed by atoms with Crippen molar-refractivity contribution in [3.05, 3.63) is 58.9 Å². The average molecular weight is 443 g/mol. The van der Waals surface area contributed by atoms with Gasteiger partial charge >= 0.3 is 0 Å². The Morgan fingerprint density at radius 3 is 2.39 bits per heavy atom. The van der Waals surface area contributed by atoms with Crippen molar-refractivity contribution in [2.75, 3.05) is 29.5 Å². The van der Waals surface area contributed by atoms with Crippen LogP contribution in [0.5, 0.6) is 0 Å². The van der Waals surface area contributed by atoms with Gasteiger partial charge in [-0.2, -0.15) is 9.61 Å². The number of fused-ring (bicyclic) bond motifs is 1. The molecule has 1 aromatic carbocycles. The minimum absolute atomic E-state index is 0.0810. The number of aryl methyl sites for hydroxylation is 1. The standard InChI is InChI=1S/C22H26N4O4S/c1-15-12-20-23-18(13-19(27)16-4-6-17(7-5-16)22(2,3)28)14-21(26(20)24-15)25-8-10-31(29,30)11-9-25/h4-7,12,14,28H,8-11,13H2,1-3H3. The number of carbonyl (C=O) groups excluding carboxylic acids is 1. The quantitative estimate of drug-likeness (QED) is 0.602. The second-order valence-electron chi connectivity index (χ2n) is 8.54. The summed E-state index contributed by atoms with van der Waals surface area (Å²) in [4.78, 5) is 19.4. The Kier molecular flexibility index (Phi) is 5.35. The molecule has 0 atom stereocenters. The van der Waals surface area contributed by atoms with E-state index < -0.39 is 15.4 Å². The number of aromatic nitrogens is 3.